The first-order chi connectivity index (χ1) is 14.1. The number of para-hydroxylation sites is 1. The van der Waals surface area contributed by atoms with Gasteiger partial charge in [-0.1, -0.05) is 24.3 Å². The Balaban J connectivity index is 1.49. The highest BCUT2D eigenvalue weighted by Crippen LogP contribution is 2.28. The summed E-state index contributed by atoms with van der Waals surface area (Å²) in [6.07, 6.45) is 3.45. The molecular formula is C22H23N3O3S. The highest BCUT2D eigenvalue weighted by atomic mass is 32.1. The van der Waals surface area contributed by atoms with Crippen molar-refractivity contribution in [3.63, 3.8) is 0 Å². The summed E-state index contributed by atoms with van der Waals surface area (Å²) in [5.74, 6) is 0.0304. The Morgan fingerprint density at radius 1 is 1.14 bits per heavy atom. The van der Waals surface area contributed by atoms with Gasteiger partial charge in [0.2, 0.25) is 5.91 Å². The zero-order valence-corrected chi connectivity index (χ0v) is 17.1. The Hall–Kier alpha value is -2.93. The quantitative estimate of drug-likeness (QED) is 0.597. The number of aromatic nitrogens is 2. The van der Waals surface area contributed by atoms with Crippen molar-refractivity contribution in [2.24, 2.45) is 5.92 Å². The monoisotopic (exact) mass is 409 g/mol. The van der Waals surface area contributed by atoms with Gasteiger partial charge in [-0.25, -0.2) is 9.48 Å². The van der Waals surface area contributed by atoms with E-state index in [0.717, 1.165) is 36.5 Å². The molecule has 0 atom stereocenters. The van der Waals surface area contributed by atoms with Crippen LogP contribution in [0.1, 0.15) is 30.1 Å². The lowest BCUT2D eigenvalue weighted by Gasteiger charge is -2.30. The molecule has 2 aromatic heterocycles. The molecule has 1 aromatic carbocycles. The van der Waals surface area contributed by atoms with Gasteiger partial charge in [-0.15, -0.1) is 11.3 Å². The summed E-state index contributed by atoms with van der Waals surface area (Å²) in [5, 5.41) is 6.62. The summed E-state index contributed by atoms with van der Waals surface area (Å²) in [6.45, 7) is 3.41. The van der Waals surface area contributed by atoms with Gasteiger partial charge in [-0.3, -0.25) is 4.79 Å². The number of hydrogen-bond donors (Lipinski definition) is 0. The van der Waals surface area contributed by atoms with Gasteiger partial charge in [0.1, 0.15) is 11.3 Å². The third-order valence-corrected chi connectivity index (χ3v) is 6.10. The molecule has 0 N–H and O–H groups in total. The maximum Gasteiger partial charge on any atom is 0.342 e. The topological polar surface area (TPSA) is 64.4 Å². The van der Waals surface area contributed by atoms with E-state index in [9.17, 15) is 9.59 Å². The molecule has 0 bridgehead atoms. The van der Waals surface area contributed by atoms with Gasteiger partial charge in [0.15, 0.2) is 0 Å². The molecule has 1 aliphatic heterocycles. The number of benzene rings is 1. The van der Waals surface area contributed by atoms with Crippen molar-refractivity contribution in [1.29, 1.82) is 0 Å². The SMILES string of the molecule is CC(=O)N1CCC(COC(=O)c2cn(-c3ccccc3)nc2-c2cccs2)CC1. The molecule has 29 heavy (non-hydrogen) atoms. The fraction of sp³-hybridized carbons (Fsp3) is 0.318. The molecule has 0 radical (unpaired) electrons. The predicted octanol–water partition coefficient (Wildman–Crippen LogP) is 4.02. The lowest BCUT2D eigenvalue weighted by atomic mass is 9.98. The molecule has 150 valence electrons. The van der Waals surface area contributed by atoms with Crippen LogP contribution in [-0.2, 0) is 9.53 Å². The molecule has 0 spiro atoms. The molecule has 3 heterocycles. The summed E-state index contributed by atoms with van der Waals surface area (Å²) >= 11 is 1.54. The number of carbonyl (C=O) groups excluding carboxylic acids is 2. The first-order valence-electron chi connectivity index (χ1n) is 9.73. The van der Waals surface area contributed by atoms with Crippen molar-refractivity contribution in [2.45, 2.75) is 19.8 Å². The minimum atomic E-state index is -0.357. The molecule has 1 fully saturated rings. The first kappa shape index (κ1) is 19.4. The molecule has 4 rings (SSSR count). The number of rotatable bonds is 5. The number of hydrogen-bond acceptors (Lipinski definition) is 5. The number of nitrogens with zero attached hydrogens (tertiary/aromatic N) is 3. The smallest absolute Gasteiger partial charge is 0.342 e. The van der Waals surface area contributed by atoms with Gasteiger partial charge in [-0.05, 0) is 42.3 Å². The van der Waals surface area contributed by atoms with Gasteiger partial charge in [0.05, 0.1) is 17.2 Å². The minimum Gasteiger partial charge on any atom is -0.462 e. The highest BCUT2D eigenvalue weighted by Gasteiger charge is 2.24. The van der Waals surface area contributed by atoms with Gasteiger partial charge < -0.3 is 9.64 Å². The second kappa shape index (κ2) is 8.61. The Kier molecular flexibility index (Phi) is 5.76. The average Bonchev–Trinajstić information content (AvgIpc) is 3.43. The molecule has 1 aliphatic rings. The fourth-order valence-electron chi connectivity index (χ4n) is 3.52. The second-order valence-corrected chi connectivity index (χ2v) is 8.14. The molecule has 0 unspecified atom stereocenters. The van der Waals surface area contributed by atoms with Crippen LogP contribution in [0.3, 0.4) is 0 Å². The Morgan fingerprint density at radius 3 is 2.55 bits per heavy atom. The average molecular weight is 410 g/mol. The third kappa shape index (κ3) is 4.40. The summed E-state index contributed by atoms with van der Waals surface area (Å²) in [7, 11) is 0. The molecule has 7 heteroatoms. The van der Waals surface area contributed by atoms with Crippen LogP contribution in [-0.4, -0.2) is 46.3 Å². The molecule has 1 amide bonds. The van der Waals surface area contributed by atoms with Gasteiger partial charge in [-0.2, -0.15) is 5.10 Å². The summed E-state index contributed by atoms with van der Waals surface area (Å²) < 4.78 is 7.38. The van der Waals surface area contributed by atoms with Crippen molar-refractivity contribution in [3.05, 3.63) is 59.6 Å². The summed E-state index contributed by atoms with van der Waals surface area (Å²) in [6, 6.07) is 13.6. The van der Waals surface area contributed by atoms with Crippen molar-refractivity contribution in [1.82, 2.24) is 14.7 Å². The summed E-state index contributed by atoms with van der Waals surface area (Å²) in [5.41, 5.74) is 2.00. The first-order valence-corrected chi connectivity index (χ1v) is 10.6. The number of amides is 1. The number of piperidine rings is 1. The van der Waals surface area contributed by atoms with Crippen LogP contribution in [0.5, 0.6) is 0 Å². The molecule has 1 saturated heterocycles. The van der Waals surface area contributed by atoms with E-state index in [2.05, 4.69) is 5.10 Å². The maximum atomic E-state index is 12.9. The molecule has 3 aromatic rings. The largest absolute Gasteiger partial charge is 0.462 e. The lowest BCUT2D eigenvalue weighted by molar-refractivity contribution is -0.130. The van der Waals surface area contributed by atoms with E-state index in [1.54, 1.807) is 29.1 Å². The van der Waals surface area contributed by atoms with Gasteiger partial charge in [0.25, 0.3) is 0 Å². The van der Waals surface area contributed by atoms with E-state index in [4.69, 9.17) is 4.74 Å². The Labute approximate surface area is 173 Å². The second-order valence-electron chi connectivity index (χ2n) is 7.20. The number of likely N-dealkylation sites (tertiary alicyclic amines) is 1. The number of carbonyl (C=O) groups is 2. The molecular weight excluding hydrogens is 386 g/mol. The van der Waals surface area contributed by atoms with Crippen LogP contribution in [0.15, 0.2) is 54.0 Å². The van der Waals surface area contributed by atoms with Crippen LogP contribution < -0.4 is 0 Å². The fourth-order valence-corrected chi connectivity index (χ4v) is 4.24. The zero-order chi connectivity index (χ0) is 20.2. The highest BCUT2D eigenvalue weighted by molar-refractivity contribution is 7.13. The van der Waals surface area contributed by atoms with Crippen molar-refractivity contribution in [2.75, 3.05) is 19.7 Å². The minimum absolute atomic E-state index is 0.106. The number of esters is 1. The summed E-state index contributed by atoms with van der Waals surface area (Å²) in [4.78, 5) is 27.1. The molecule has 6 nitrogen and oxygen atoms in total. The van der Waals surface area contributed by atoms with Crippen LogP contribution in [0.25, 0.3) is 16.3 Å². The molecule has 0 aliphatic carbocycles. The van der Waals surface area contributed by atoms with Crippen molar-refractivity contribution < 1.29 is 14.3 Å². The van der Waals surface area contributed by atoms with E-state index < -0.39 is 0 Å². The van der Waals surface area contributed by atoms with Gasteiger partial charge >= 0.3 is 5.97 Å². The third-order valence-electron chi connectivity index (χ3n) is 5.22. The lowest BCUT2D eigenvalue weighted by Crippen LogP contribution is -2.38. The standard InChI is InChI=1S/C22H23N3O3S/c1-16(26)24-11-9-17(10-12-24)15-28-22(27)19-14-25(18-6-3-2-4-7-18)23-21(19)20-8-5-13-29-20/h2-8,13-14,17H,9-12,15H2,1H3. The van der Waals surface area contributed by atoms with E-state index in [1.165, 1.54) is 0 Å². The Morgan fingerprint density at radius 2 is 1.90 bits per heavy atom. The molecule has 0 saturated carbocycles. The number of thiophene rings is 1. The van der Waals surface area contributed by atoms with E-state index >= 15 is 0 Å². The van der Waals surface area contributed by atoms with Crippen molar-refractivity contribution >= 4 is 23.2 Å². The maximum absolute atomic E-state index is 12.9. The Bertz CT molecular complexity index is 974. The van der Waals surface area contributed by atoms with Crippen LogP contribution in [0, 0.1) is 5.92 Å². The van der Waals surface area contributed by atoms with Crippen LogP contribution >= 0.6 is 11.3 Å². The van der Waals surface area contributed by atoms with Crippen LogP contribution in [0.2, 0.25) is 0 Å². The predicted molar refractivity (Wildman–Crippen MR) is 112 cm³/mol. The zero-order valence-electron chi connectivity index (χ0n) is 16.3. The van der Waals surface area contributed by atoms with E-state index in [-0.39, 0.29) is 17.8 Å². The van der Waals surface area contributed by atoms with Crippen LogP contribution in [0.4, 0.5) is 0 Å². The normalized spacial score (nSPS) is 14.7. The van der Waals surface area contributed by atoms with Gasteiger partial charge in [0, 0.05) is 26.2 Å². The van der Waals surface area contributed by atoms with E-state index in [0.29, 0.717) is 17.9 Å². The van der Waals surface area contributed by atoms with E-state index in [1.807, 2.05) is 52.7 Å². The number of ether oxygens (including phenoxy) is 1. The van der Waals surface area contributed by atoms with Crippen molar-refractivity contribution in [3.8, 4) is 16.3 Å².